The van der Waals surface area contributed by atoms with Crippen molar-refractivity contribution in [2.45, 2.75) is 53.4 Å². The molecule has 0 unspecified atom stereocenters. The highest BCUT2D eigenvalue weighted by atomic mass is 16.5. The number of phenolic OH excluding ortho intramolecular Hbond substituents is 1. The highest BCUT2D eigenvalue weighted by Gasteiger charge is 2.27. The van der Waals surface area contributed by atoms with Crippen molar-refractivity contribution in [2.24, 2.45) is 5.41 Å². The van der Waals surface area contributed by atoms with Gasteiger partial charge in [0.05, 0.1) is 18.2 Å². The molecule has 8 heteroatoms. The van der Waals surface area contributed by atoms with Crippen molar-refractivity contribution in [1.29, 1.82) is 0 Å². The molecule has 0 amide bonds. The van der Waals surface area contributed by atoms with Crippen LogP contribution in [-0.4, -0.2) is 44.4 Å². The molecule has 1 aromatic heterocycles. The number of ether oxygens (including phenoxy) is 1. The second-order valence-electron chi connectivity index (χ2n) is 8.98. The molecule has 0 aliphatic heterocycles. The molecular formula is C25H30N4O4. The monoisotopic (exact) mass is 450 g/mol. The van der Waals surface area contributed by atoms with Gasteiger partial charge in [-0.05, 0) is 48.1 Å². The lowest BCUT2D eigenvalue weighted by Gasteiger charge is -2.22. The Morgan fingerprint density at radius 1 is 1.15 bits per heavy atom. The molecule has 0 fully saturated rings. The van der Waals surface area contributed by atoms with Crippen LogP contribution in [-0.2, 0) is 12.8 Å². The van der Waals surface area contributed by atoms with E-state index in [9.17, 15) is 14.7 Å². The van der Waals surface area contributed by atoms with Crippen molar-refractivity contribution in [3.8, 4) is 22.6 Å². The van der Waals surface area contributed by atoms with E-state index in [2.05, 4.69) is 20.6 Å². The fourth-order valence-electron chi connectivity index (χ4n) is 4.06. The molecule has 174 valence electrons. The second kappa shape index (κ2) is 9.94. The molecule has 0 spiro atoms. The van der Waals surface area contributed by atoms with Gasteiger partial charge in [0.15, 0.2) is 17.4 Å². The summed E-state index contributed by atoms with van der Waals surface area (Å²) < 4.78 is 5.56. The van der Waals surface area contributed by atoms with Gasteiger partial charge in [-0.25, -0.2) is 0 Å². The van der Waals surface area contributed by atoms with Gasteiger partial charge in [-0.3, -0.25) is 9.59 Å². The molecule has 0 bridgehead atoms. The maximum absolute atomic E-state index is 13.1. The summed E-state index contributed by atoms with van der Waals surface area (Å²) in [7, 11) is 1.53. The van der Waals surface area contributed by atoms with E-state index in [1.54, 1.807) is 18.2 Å². The highest BCUT2D eigenvalue weighted by Crippen LogP contribution is 2.37. The summed E-state index contributed by atoms with van der Waals surface area (Å²) in [6.07, 6.45) is 2.23. The highest BCUT2D eigenvalue weighted by molar-refractivity contribution is 6.00. The van der Waals surface area contributed by atoms with Gasteiger partial charge in [0.2, 0.25) is 0 Å². The minimum Gasteiger partial charge on any atom is -0.507 e. The van der Waals surface area contributed by atoms with E-state index in [4.69, 9.17) is 4.74 Å². The fraction of sp³-hybridized carbons (Fsp3) is 0.400. The molecule has 0 atom stereocenters. The van der Waals surface area contributed by atoms with Crippen molar-refractivity contribution in [3.63, 3.8) is 0 Å². The minimum atomic E-state index is -0.368. The summed E-state index contributed by atoms with van der Waals surface area (Å²) in [4.78, 5) is 25.0. The Labute approximate surface area is 193 Å². The molecule has 3 aromatic rings. The van der Waals surface area contributed by atoms with Gasteiger partial charge < -0.3 is 9.84 Å². The molecule has 0 radical (unpaired) electrons. The number of rotatable bonds is 10. The van der Waals surface area contributed by atoms with Crippen LogP contribution >= 0.6 is 0 Å². The van der Waals surface area contributed by atoms with Gasteiger partial charge in [0.25, 0.3) is 0 Å². The number of hydrogen-bond donors (Lipinski definition) is 2. The summed E-state index contributed by atoms with van der Waals surface area (Å²) in [5, 5.41) is 24.7. The first kappa shape index (κ1) is 24.1. The predicted molar refractivity (Wildman–Crippen MR) is 125 cm³/mol. The summed E-state index contributed by atoms with van der Waals surface area (Å²) in [6, 6.07) is 8.89. The molecule has 0 aliphatic carbocycles. The molecular weight excluding hydrogens is 420 g/mol. The largest absolute Gasteiger partial charge is 0.507 e. The average molecular weight is 451 g/mol. The van der Waals surface area contributed by atoms with Crippen molar-refractivity contribution in [1.82, 2.24) is 20.6 Å². The first-order valence-electron chi connectivity index (χ1n) is 11.0. The van der Waals surface area contributed by atoms with Crippen LogP contribution in [0.1, 0.15) is 72.6 Å². The average Bonchev–Trinajstić information content (AvgIpc) is 3.26. The minimum absolute atomic E-state index is 0.0178. The molecule has 0 aliphatic rings. The van der Waals surface area contributed by atoms with Crippen LogP contribution in [0.25, 0.3) is 11.1 Å². The number of hydrogen-bond acceptors (Lipinski definition) is 7. The molecule has 2 aromatic carbocycles. The number of aromatic hydroxyl groups is 1. The summed E-state index contributed by atoms with van der Waals surface area (Å²) in [5.41, 5.74) is 2.77. The third-order valence-corrected chi connectivity index (χ3v) is 5.64. The first-order chi connectivity index (χ1) is 15.7. The van der Waals surface area contributed by atoms with Crippen LogP contribution in [0, 0.1) is 5.41 Å². The first-order valence-corrected chi connectivity index (χ1v) is 11.0. The van der Waals surface area contributed by atoms with Crippen molar-refractivity contribution in [2.75, 3.05) is 7.11 Å². The van der Waals surface area contributed by atoms with Crippen LogP contribution in [0.5, 0.6) is 11.5 Å². The zero-order chi connectivity index (χ0) is 24.2. The van der Waals surface area contributed by atoms with Gasteiger partial charge in [0, 0.05) is 18.4 Å². The van der Waals surface area contributed by atoms with Crippen LogP contribution < -0.4 is 4.74 Å². The van der Waals surface area contributed by atoms with E-state index < -0.39 is 0 Å². The number of tetrazole rings is 1. The number of methoxy groups -OCH3 is 1. The topological polar surface area (TPSA) is 118 Å². The Morgan fingerprint density at radius 2 is 1.88 bits per heavy atom. The quantitative estimate of drug-likeness (QED) is 0.434. The molecule has 33 heavy (non-hydrogen) atoms. The lowest BCUT2D eigenvalue weighted by atomic mass is 9.82. The third kappa shape index (κ3) is 5.45. The fourth-order valence-corrected chi connectivity index (χ4v) is 4.06. The molecule has 8 nitrogen and oxygen atoms in total. The van der Waals surface area contributed by atoms with E-state index in [1.165, 1.54) is 14.0 Å². The van der Waals surface area contributed by atoms with Crippen LogP contribution in [0.3, 0.4) is 0 Å². The van der Waals surface area contributed by atoms with Crippen LogP contribution in [0.15, 0.2) is 30.3 Å². The number of ketones is 2. The van der Waals surface area contributed by atoms with Gasteiger partial charge in [-0.1, -0.05) is 44.5 Å². The van der Waals surface area contributed by atoms with Crippen molar-refractivity contribution < 1.29 is 19.4 Å². The zero-order valence-corrected chi connectivity index (χ0v) is 19.7. The van der Waals surface area contributed by atoms with E-state index in [1.807, 2.05) is 32.9 Å². The number of carbonyl (C=O) groups is 2. The number of aromatic nitrogens is 4. The number of aromatic amines is 1. The molecule has 2 N–H and O–H groups in total. The smallest absolute Gasteiger partial charge is 0.175 e. The maximum Gasteiger partial charge on any atom is 0.175 e. The van der Waals surface area contributed by atoms with Crippen molar-refractivity contribution in [3.05, 3.63) is 52.8 Å². The number of phenols is 1. The standard InChI is InChI=1S/C25H30N4O4/c1-6-7-19-18(11-10-17(15(2)30)24(19)32)16-8-9-20(22(12-16)33-5)21(31)13-25(3,4)14-23-26-28-29-27-23/h8-12,32H,6-7,13-14H2,1-5H3,(H,26,27,28,29). The SMILES string of the molecule is CCCc1c(-c2ccc(C(=O)CC(C)(C)Cc3nn[nH]n3)c(OC)c2)ccc(C(C)=O)c1O. The zero-order valence-electron chi connectivity index (χ0n) is 19.7. The number of benzene rings is 2. The van der Waals surface area contributed by atoms with E-state index in [0.717, 1.165) is 17.5 Å². The molecule has 0 saturated carbocycles. The second-order valence-corrected chi connectivity index (χ2v) is 8.98. The summed E-state index contributed by atoms with van der Waals surface area (Å²) in [5.74, 6) is 0.816. The Balaban J connectivity index is 1.93. The van der Waals surface area contributed by atoms with Crippen LogP contribution in [0.4, 0.5) is 0 Å². The normalized spacial score (nSPS) is 11.4. The molecule has 1 heterocycles. The van der Waals surface area contributed by atoms with Gasteiger partial charge >= 0.3 is 0 Å². The number of nitrogens with one attached hydrogen (secondary N) is 1. The summed E-state index contributed by atoms with van der Waals surface area (Å²) >= 11 is 0. The molecule has 0 saturated heterocycles. The summed E-state index contributed by atoms with van der Waals surface area (Å²) in [6.45, 7) is 7.42. The van der Waals surface area contributed by atoms with E-state index >= 15 is 0 Å². The van der Waals surface area contributed by atoms with Crippen LogP contribution in [0.2, 0.25) is 0 Å². The van der Waals surface area contributed by atoms with E-state index in [-0.39, 0.29) is 29.2 Å². The maximum atomic E-state index is 13.1. The number of carbonyl (C=O) groups excluding carboxylic acids is 2. The third-order valence-electron chi connectivity index (χ3n) is 5.64. The number of H-pyrrole nitrogens is 1. The lowest BCUT2D eigenvalue weighted by Crippen LogP contribution is -2.21. The number of nitrogens with zero attached hydrogens (tertiary/aromatic N) is 3. The van der Waals surface area contributed by atoms with Gasteiger partial charge in [-0.15, -0.1) is 10.2 Å². The number of Topliss-reactive ketones (excluding diaryl/α,β-unsaturated/α-hetero) is 2. The van der Waals surface area contributed by atoms with E-state index in [0.29, 0.717) is 41.1 Å². The molecule has 3 rings (SSSR count). The Kier molecular flexibility index (Phi) is 7.26. The Hall–Kier alpha value is -3.55. The van der Waals surface area contributed by atoms with Crippen molar-refractivity contribution >= 4 is 11.6 Å². The Bertz CT molecular complexity index is 1150. The Morgan fingerprint density at radius 3 is 2.48 bits per heavy atom. The van der Waals surface area contributed by atoms with Gasteiger partial charge in [-0.2, -0.15) is 5.21 Å². The van der Waals surface area contributed by atoms with Gasteiger partial charge in [0.1, 0.15) is 11.5 Å². The predicted octanol–water partition coefficient (Wildman–Crippen LogP) is 4.58. The lowest BCUT2D eigenvalue weighted by molar-refractivity contribution is 0.0926.